The Morgan fingerprint density at radius 1 is 1.24 bits per heavy atom. The van der Waals surface area contributed by atoms with E-state index in [2.05, 4.69) is 15.6 Å². The number of halogens is 2. The third-order valence-corrected chi connectivity index (χ3v) is 7.15. The summed E-state index contributed by atoms with van der Waals surface area (Å²) in [5.74, 6) is -0.953. The summed E-state index contributed by atoms with van der Waals surface area (Å²) in [5, 5.41) is 16.8. The number of nitrogens with zero attached hydrogens (tertiary/aromatic N) is 1. The monoisotopic (exact) mass is 475 g/mol. The van der Waals surface area contributed by atoms with E-state index in [9.17, 15) is 19.1 Å². The number of aromatic nitrogens is 1. The van der Waals surface area contributed by atoms with E-state index in [4.69, 9.17) is 16.3 Å². The molecule has 0 radical (unpaired) electrons. The molecule has 7 nitrogen and oxygen atoms in total. The predicted octanol–water partition coefficient (Wildman–Crippen LogP) is 3.06. The van der Waals surface area contributed by atoms with Crippen molar-refractivity contribution < 1.29 is 23.8 Å². The summed E-state index contributed by atoms with van der Waals surface area (Å²) < 4.78 is 18.9. The van der Waals surface area contributed by atoms with Crippen molar-refractivity contribution in [3.63, 3.8) is 0 Å². The van der Waals surface area contributed by atoms with Gasteiger partial charge in [-0.15, -0.1) is 0 Å². The van der Waals surface area contributed by atoms with Crippen molar-refractivity contribution in [1.29, 1.82) is 0 Å². The number of ether oxygens (including phenoxy) is 1. The maximum Gasteiger partial charge on any atom is 0.258 e. The number of carbonyl (C=O) groups is 2. The summed E-state index contributed by atoms with van der Waals surface area (Å²) in [6.07, 6.45) is 3.31. The zero-order chi connectivity index (χ0) is 23.6. The van der Waals surface area contributed by atoms with Crippen LogP contribution in [0.1, 0.15) is 43.4 Å². The van der Waals surface area contributed by atoms with Gasteiger partial charge in [0.25, 0.3) is 5.91 Å². The van der Waals surface area contributed by atoms with Crippen LogP contribution in [0.15, 0.2) is 36.5 Å². The maximum absolute atomic E-state index is 13.5. The Balaban J connectivity index is 1.31. The Labute approximate surface area is 196 Å². The van der Waals surface area contributed by atoms with Gasteiger partial charge in [0, 0.05) is 17.8 Å². The molecule has 3 aliphatic carbocycles. The lowest BCUT2D eigenvalue weighted by Gasteiger charge is -2.55. The van der Waals surface area contributed by atoms with Crippen LogP contribution in [0.3, 0.4) is 0 Å². The molecule has 1 aromatic carbocycles. The quantitative estimate of drug-likeness (QED) is 0.571. The van der Waals surface area contributed by atoms with E-state index < -0.39 is 22.9 Å². The fourth-order valence-corrected chi connectivity index (χ4v) is 4.95. The lowest BCUT2D eigenvalue weighted by atomic mass is 9.55. The topological polar surface area (TPSA) is 101 Å². The van der Waals surface area contributed by atoms with Crippen LogP contribution in [0.4, 0.5) is 4.39 Å². The van der Waals surface area contributed by atoms with Gasteiger partial charge >= 0.3 is 0 Å². The highest BCUT2D eigenvalue weighted by Crippen LogP contribution is 2.52. The molecule has 3 aliphatic rings. The van der Waals surface area contributed by atoms with E-state index >= 15 is 0 Å². The summed E-state index contributed by atoms with van der Waals surface area (Å²) in [5.41, 5.74) is 0.372. The lowest BCUT2D eigenvalue weighted by molar-refractivity contribution is -0.156. The van der Waals surface area contributed by atoms with Gasteiger partial charge in [-0.3, -0.25) is 14.6 Å². The standard InChI is InChI=1S/C24H27ClFN3O4/c1-15-2-3-16(27-12-15)13-28-22(32)24-8-6-23(7-9-24,11-20(24)30)29-21(31)14-33-17-4-5-18(25)19(26)10-17/h2-5,10,12,20,30H,6-9,11,13-14H2,1H3,(H,28,32)(H,29,31). The highest BCUT2D eigenvalue weighted by atomic mass is 35.5. The summed E-state index contributed by atoms with van der Waals surface area (Å²) >= 11 is 5.65. The van der Waals surface area contributed by atoms with Crippen LogP contribution in [-0.2, 0) is 16.1 Å². The lowest BCUT2D eigenvalue weighted by Crippen LogP contribution is -2.65. The molecule has 9 heteroatoms. The third-order valence-electron chi connectivity index (χ3n) is 6.84. The van der Waals surface area contributed by atoms with Gasteiger partial charge in [0.15, 0.2) is 6.61 Å². The largest absolute Gasteiger partial charge is 0.484 e. The molecule has 2 bridgehead atoms. The molecule has 2 aromatic rings. The van der Waals surface area contributed by atoms with E-state index in [0.717, 1.165) is 17.3 Å². The molecule has 0 saturated heterocycles. The number of aliphatic hydroxyl groups excluding tert-OH is 1. The van der Waals surface area contributed by atoms with Crippen molar-refractivity contribution in [2.75, 3.05) is 6.61 Å². The summed E-state index contributed by atoms with van der Waals surface area (Å²) in [6.45, 7) is 1.97. The molecule has 176 valence electrons. The minimum Gasteiger partial charge on any atom is -0.484 e. The van der Waals surface area contributed by atoms with Gasteiger partial charge in [0.1, 0.15) is 11.6 Å². The van der Waals surface area contributed by atoms with E-state index in [1.807, 2.05) is 19.1 Å². The molecule has 3 saturated carbocycles. The Morgan fingerprint density at radius 3 is 2.64 bits per heavy atom. The first-order valence-electron chi connectivity index (χ1n) is 11.0. The van der Waals surface area contributed by atoms with Crippen LogP contribution < -0.4 is 15.4 Å². The van der Waals surface area contributed by atoms with Crippen molar-refractivity contribution in [2.24, 2.45) is 5.41 Å². The van der Waals surface area contributed by atoms with Crippen LogP contribution >= 0.6 is 11.6 Å². The first-order valence-corrected chi connectivity index (χ1v) is 11.4. The second kappa shape index (κ2) is 9.27. The average Bonchev–Trinajstić information content (AvgIpc) is 2.80. The molecule has 1 unspecified atom stereocenters. The molecule has 0 spiro atoms. The first-order chi connectivity index (χ1) is 15.7. The van der Waals surface area contributed by atoms with E-state index in [1.54, 1.807) is 6.20 Å². The highest BCUT2D eigenvalue weighted by molar-refractivity contribution is 6.30. The number of hydrogen-bond acceptors (Lipinski definition) is 5. The molecule has 1 heterocycles. The van der Waals surface area contributed by atoms with Crippen molar-refractivity contribution in [3.8, 4) is 5.75 Å². The zero-order valence-corrected chi connectivity index (χ0v) is 19.1. The van der Waals surface area contributed by atoms with Gasteiger partial charge in [0.2, 0.25) is 5.91 Å². The van der Waals surface area contributed by atoms with Gasteiger partial charge in [0.05, 0.1) is 28.8 Å². The van der Waals surface area contributed by atoms with Crippen LogP contribution in [0.5, 0.6) is 5.75 Å². The third kappa shape index (κ3) is 4.96. The summed E-state index contributed by atoms with van der Waals surface area (Å²) in [6, 6.07) is 7.78. The number of aryl methyl sites for hydroxylation is 1. The van der Waals surface area contributed by atoms with Gasteiger partial charge in [-0.05, 0) is 62.8 Å². The number of benzene rings is 1. The van der Waals surface area contributed by atoms with Gasteiger partial charge in [-0.2, -0.15) is 0 Å². The van der Waals surface area contributed by atoms with E-state index in [1.165, 1.54) is 12.1 Å². The molecule has 1 atom stereocenters. The number of carbonyl (C=O) groups excluding carboxylic acids is 2. The molecule has 1 aromatic heterocycles. The Hall–Kier alpha value is -2.71. The fourth-order valence-electron chi connectivity index (χ4n) is 4.83. The van der Waals surface area contributed by atoms with Gasteiger partial charge < -0.3 is 20.5 Å². The second-order valence-corrected chi connectivity index (χ2v) is 9.49. The zero-order valence-electron chi connectivity index (χ0n) is 18.4. The molecule has 3 fully saturated rings. The number of aliphatic hydroxyl groups is 1. The number of nitrogens with one attached hydrogen (secondary N) is 2. The van der Waals surface area contributed by atoms with Crippen LogP contribution in [-0.4, -0.2) is 40.2 Å². The van der Waals surface area contributed by atoms with Crippen molar-refractivity contribution >= 4 is 23.4 Å². The van der Waals surface area contributed by atoms with Crippen LogP contribution in [0.25, 0.3) is 0 Å². The van der Waals surface area contributed by atoms with Crippen molar-refractivity contribution in [1.82, 2.24) is 15.6 Å². The Morgan fingerprint density at radius 2 is 2.00 bits per heavy atom. The smallest absolute Gasteiger partial charge is 0.258 e. The predicted molar refractivity (Wildman–Crippen MR) is 120 cm³/mol. The van der Waals surface area contributed by atoms with Gasteiger partial charge in [-0.1, -0.05) is 17.7 Å². The fraction of sp³-hybridized carbons (Fsp3) is 0.458. The Bertz CT molecular complexity index is 1040. The second-order valence-electron chi connectivity index (χ2n) is 9.08. The summed E-state index contributed by atoms with van der Waals surface area (Å²) in [7, 11) is 0. The van der Waals surface area contributed by atoms with Crippen molar-refractivity contribution in [3.05, 3.63) is 58.6 Å². The number of rotatable bonds is 7. The van der Waals surface area contributed by atoms with Crippen LogP contribution in [0, 0.1) is 18.2 Å². The number of fused-ring (bicyclic) bond motifs is 3. The van der Waals surface area contributed by atoms with E-state index in [0.29, 0.717) is 38.6 Å². The SMILES string of the molecule is Cc1ccc(CNC(=O)C23CCC(NC(=O)COc4ccc(Cl)c(F)c4)(CC2)CC3O)nc1. The normalized spacial score (nSPS) is 26.0. The van der Waals surface area contributed by atoms with Crippen LogP contribution in [0.2, 0.25) is 5.02 Å². The number of hydrogen-bond donors (Lipinski definition) is 3. The van der Waals surface area contributed by atoms with E-state index in [-0.39, 0.29) is 29.2 Å². The average molecular weight is 476 g/mol. The molecule has 2 amide bonds. The highest BCUT2D eigenvalue weighted by Gasteiger charge is 2.58. The minimum absolute atomic E-state index is 0.0215. The van der Waals surface area contributed by atoms with Gasteiger partial charge in [-0.25, -0.2) is 4.39 Å². The number of amides is 2. The molecular formula is C24H27ClFN3O4. The molecular weight excluding hydrogens is 449 g/mol. The molecule has 5 rings (SSSR count). The Kier molecular flexibility index (Phi) is 6.59. The molecule has 33 heavy (non-hydrogen) atoms. The molecule has 3 N–H and O–H groups in total. The summed E-state index contributed by atoms with van der Waals surface area (Å²) in [4.78, 5) is 29.8. The number of pyridine rings is 1. The molecule has 0 aliphatic heterocycles. The maximum atomic E-state index is 13.5. The minimum atomic E-state index is -0.863. The first kappa shape index (κ1) is 23.4. The van der Waals surface area contributed by atoms with Crippen molar-refractivity contribution in [2.45, 2.75) is 57.2 Å².